The number of aryl methyl sites for hydroxylation is 1. The van der Waals surface area contributed by atoms with Crippen LogP contribution in [0.3, 0.4) is 0 Å². The third kappa shape index (κ3) is 5.91. The van der Waals surface area contributed by atoms with E-state index in [0.717, 1.165) is 18.5 Å². The lowest BCUT2D eigenvalue weighted by Crippen LogP contribution is -2.40. The summed E-state index contributed by atoms with van der Waals surface area (Å²) in [6.07, 6.45) is 0.755. The molecule has 166 valence electrons. The second kappa shape index (κ2) is 10.2. The fourth-order valence-corrected chi connectivity index (χ4v) is 3.45. The number of nitrogens with one attached hydrogen (secondary N) is 1. The highest BCUT2D eigenvalue weighted by Gasteiger charge is 2.27. The molecule has 1 N–H and O–H groups in total. The molecule has 0 saturated heterocycles. The van der Waals surface area contributed by atoms with Crippen LogP contribution in [0, 0.1) is 0 Å². The van der Waals surface area contributed by atoms with Gasteiger partial charge in [0.15, 0.2) is 5.69 Å². The molecule has 0 bridgehead atoms. The molecule has 9 nitrogen and oxygen atoms in total. The van der Waals surface area contributed by atoms with E-state index < -0.39 is 0 Å². The Labute approximate surface area is 182 Å². The van der Waals surface area contributed by atoms with Gasteiger partial charge >= 0.3 is 0 Å². The summed E-state index contributed by atoms with van der Waals surface area (Å²) in [5, 5.41) is 7.14. The van der Waals surface area contributed by atoms with Gasteiger partial charge in [-0.3, -0.25) is 19.1 Å². The van der Waals surface area contributed by atoms with Crippen molar-refractivity contribution in [2.75, 3.05) is 47.3 Å². The Hall–Kier alpha value is -3.20. The number of hydrogen-bond donors (Lipinski definition) is 1. The molecule has 3 rings (SSSR count). The maximum atomic E-state index is 13.1. The quantitative estimate of drug-likeness (QED) is 0.670. The van der Waals surface area contributed by atoms with Gasteiger partial charge in [-0.05, 0) is 26.1 Å². The molecule has 0 spiro atoms. The fraction of sp³-hybridized carbons (Fsp3) is 0.455. The van der Waals surface area contributed by atoms with Crippen molar-refractivity contribution >= 4 is 17.7 Å². The number of carbonyl (C=O) groups is 3. The number of likely N-dealkylation sites (N-methyl/N-ethyl adjacent to an activating group) is 2. The van der Waals surface area contributed by atoms with Gasteiger partial charge in [0.25, 0.3) is 11.8 Å². The van der Waals surface area contributed by atoms with Crippen molar-refractivity contribution in [1.29, 1.82) is 0 Å². The van der Waals surface area contributed by atoms with Crippen LogP contribution in [0.15, 0.2) is 36.4 Å². The van der Waals surface area contributed by atoms with Gasteiger partial charge in [0.2, 0.25) is 5.91 Å². The molecule has 0 unspecified atom stereocenters. The van der Waals surface area contributed by atoms with Crippen LogP contribution < -0.4 is 5.32 Å². The molecule has 1 aliphatic heterocycles. The lowest BCUT2D eigenvalue weighted by Gasteiger charge is -2.20. The molecule has 0 fully saturated rings. The Morgan fingerprint density at radius 1 is 1.13 bits per heavy atom. The van der Waals surface area contributed by atoms with Crippen LogP contribution in [0.5, 0.6) is 0 Å². The van der Waals surface area contributed by atoms with Crippen molar-refractivity contribution in [3.8, 4) is 0 Å². The second-order valence-corrected chi connectivity index (χ2v) is 8.02. The molecule has 2 aromatic rings. The predicted octanol–water partition coefficient (Wildman–Crippen LogP) is 0.679. The minimum Gasteiger partial charge on any atom is -0.353 e. The first-order valence-corrected chi connectivity index (χ1v) is 10.4. The van der Waals surface area contributed by atoms with Gasteiger partial charge in [-0.2, -0.15) is 5.10 Å². The van der Waals surface area contributed by atoms with Crippen LogP contribution in [0.25, 0.3) is 0 Å². The van der Waals surface area contributed by atoms with Crippen molar-refractivity contribution in [3.05, 3.63) is 53.3 Å². The molecule has 1 aromatic heterocycles. The highest BCUT2D eigenvalue weighted by atomic mass is 16.2. The van der Waals surface area contributed by atoms with Crippen LogP contribution in [0.4, 0.5) is 0 Å². The first-order chi connectivity index (χ1) is 14.8. The van der Waals surface area contributed by atoms with Gasteiger partial charge in [-0.15, -0.1) is 0 Å². The summed E-state index contributed by atoms with van der Waals surface area (Å²) in [5.41, 5.74) is 1.63. The fourth-order valence-electron chi connectivity index (χ4n) is 3.45. The predicted molar refractivity (Wildman–Crippen MR) is 117 cm³/mol. The molecule has 0 atom stereocenters. The smallest absolute Gasteiger partial charge is 0.274 e. The van der Waals surface area contributed by atoms with Crippen LogP contribution in [0.2, 0.25) is 0 Å². The monoisotopic (exact) mass is 426 g/mol. The van der Waals surface area contributed by atoms with Gasteiger partial charge in [0.1, 0.15) is 5.69 Å². The summed E-state index contributed by atoms with van der Waals surface area (Å²) in [4.78, 5) is 43.0. The van der Waals surface area contributed by atoms with E-state index >= 15 is 0 Å². The number of nitrogens with zero attached hydrogens (tertiary/aromatic N) is 5. The highest BCUT2D eigenvalue weighted by Crippen LogP contribution is 2.17. The minimum atomic E-state index is -0.384. The van der Waals surface area contributed by atoms with Gasteiger partial charge in [0, 0.05) is 45.8 Å². The van der Waals surface area contributed by atoms with Crippen molar-refractivity contribution in [1.82, 2.24) is 29.8 Å². The number of hydrogen-bond acceptors (Lipinski definition) is 5. The van der Waals surface area contributed by atoms with Gasteiger partial charge in [-0.1, -0.05) is 30.3 Å². The van der Waals surface area contributed by atoms with Crippen LogP contribution in [-0.2, 0) is 17.9 Å². The van der Waals surface area contributed by atoms with Gasteiger partial charge < -0.3 is 20.0 Å². The minimum absolute atomic E-state index is 0.0669. The standard InChI is InChI=1S/C22H30N6O3/c1-25(2)13-10-23-20(29)16-26(3)21(30)18-14-19-22(31)27(11-7-12-28(19)24-18)15-17-8-5-4-6-9-17/h4-6,8-9,14H,7,10-13,15-16H2,1-3H3,(H,23,29). The Bertz CT molecular complexity index is 925. The van der Waals surface area contributed by atoms with E-state index in [1.54, 1.807) is 16.6 Å². The van der Waals surface area contributed by atoms with Crippen molar-refractivity contribution in [2.24, 2.45) is 0 Å². The van der Waals surface area contributed by atoms with E-state index in [4.69, 9.17) is 0 Å². The van der Waals surface area contributed by atoms with Crippen LogP contribution >= 0.6 is 0 Å². The number of aromatic nitrogens is 2. The summed E-state index contributed by atoms with van der Waals surface area (Å²) in [6.45, 7) is 2.88. The van der Waals surface area contributed by atoms with E-state index in [1.807, 2.05) is 49.3 Å². The Morgan fingerprint density at radius 2 is 1.87 bits per heavy atom. The van der Waals surface area contributed by atoms with Crippen molar-refractivity contribution < 1.29 is 14.4 Å². The molecular formula is C22H30N6O3. The van der Waals surface area contributed by atoms with E-state index in [9.17, 15) is 14.4 Å². The largest absolute Gasteiger partial charge is 0.353 e. The van der Waals surface area contributed by atoms with Gasteiger partial charge in [0.05, 0.1) is 6.54 Å². The molecule has 3 amide bonds. The molecule has 1 aromatic carbocycles. The van der Waals surface area contributed by atoms with Gasteiger partial charge in [-0.25, -0.2) is 0 Å². The SMILES string of the molecule is CN(C)CCNC(=O)CN(C)C(=O)c1cc2n(n1)CCCN(Cc1ccccc1)C2=O. The zero-order valence-corrected chi connectivity index (χ0v) is 18.4. The summed E-state index contributed by atoms with van der Waals surface area (Å²) in [7, 11) is 5.40. The zero-order valence-electron chi connectivity index (χ0n) is 18.4. The van der Waals surface area contributed by atoms with Crippen LogP contribution in [-0.4, -0.2) is 89.5 Å². The maximum Gasteiger partial charge on any atom is 0.274 e. The summed E-state index contributed by atoms with van der Waals surface area (Å²) in [5.74, 6) is -0.758. The number of amides is 3. The summed E-state index contributed by atoms with van der Waals surface area (Å²) >= 11 is 0. The van der Waals surface area contributed by atoms with E-state index in [0.29, 0.717) is 31.9 Å². The average Bonchev–Trinajstić information content (AvgIpc) is 3.10. The lowest BCUT2D eigenvalue weighted by molar-refractivity contribution is -0.121. The Morgan fingerprint density at radius 3 is 2.58 bits per heavy atom. The first-order valence-electron chi connectivity index (χ1n) is 10.4. The molecule has 2 heterocycles. The number of rotatable bonds is 8. The topological polar surface area (TPSA) is 90.8 Å². The zero-order chi connectivity index (χ0) is 22.4. The third-order valence-electron chi connectivity index (χ3n) is 5.13. The molecule has 31 heavy (non-hydrogen) atoms. The van der Waals surface area contributed by atoms with Crippen molar-refractivity contribution in [2.45, 2.75) is 19.5 Å². The maximum absolute atomic E-state index is 13.1. The third-order valence-corrected chi connectivity index (χ3v) is 5.13. The molecule has 0 aliphatic carbocycles. The Kier molecular flexibility index (Phi) is 7.41. The lowest BCUT2D eigenvalue weighted by atomic mass is 10.2. The van der Waals surface area contributed by atoms with Crippen LogP contribution in [0.1, 0.15) is 33.0 Å². The molecule has 1 aliphatic rings. The van der Waals surface area contributed by atoms with E-state index in [1.165, 1.54) is 11.0 Å². The molecule has 0 saturated carbocycles. The number of benzene rings is 1. The molecule has 9 heteroatoms. The number of fused-ring (bicyclic) bond motifs is 1. The second-order valence-electron chi connectivity index (χ2n) is 8.02. The first kappa shape index (κ1) is 22.5. The van der Waals surface area contributed by atoms with Crippen molar-refractivity contribution in [3.63, 3.8) is 0 Å². The highest BCUT2D eigenvalue weighted by molar-refractivity contribution is 5.99. The molecular weight excluding hydrogens is 396 g/mol. The summed E-state index contributed by atoms with van der Waals surface area (Å²) < 4.78 is 1.60. The Balaban J connectivity index is 1.65. The normalized spacial score (nSPS) is 13.7. The van der Waals surface area contributed by atoms with E-state index in [2.05, 4.69) is 10.4 Å². The van der Waals surface area contributed by atoms with E-state index in [-0.39, 0.29) is 30.0 Å². The average molecular weight is 427 g/mol. The number of carbonyl (C=O) groups excluding carboxylic acids is 3. The molecule has 0 radical (unpaired) electrons. The summed E-state index contributed by atoms with van der Waals surface area (Å²) in [6, 6.07) is 11.4.